The molecule has 6 nitrogen and oxygen atoms in total. The monoisotopic (exact) mass is 407 g/mol. The molecule has 0 saturated heterocycles. The molecule has 0 radical (unpaired) electrons. The Kier molecular flexibility index (Phi) is 7.81. The lowest BCUT2D eigenvalue weighted by molar-refractivity contribution is 0.0939. The number of carbonyl (C=O) groups is 1. The first-order valence-electron chi connectivity index (χ1n) is 9.07. The van der Waals surface area contributed by atoms with E-state index in [9.17, 15) is 4.79 Å². The molecule has 0 saturated carbocycles. The van der Waals surface area contributed by atoms with E-state index in [0.717, 1.165) is 5.56 Å². The molecule has 0 heterocycles. The van der Waals surface area contributed by atoms with Gasteiger partial charge in [-0.15, -0.1) is 0 Å². The van der Waals surface area contributed by atoms with Gasteiger partial charge in [-0.3, -0.25) is 4.79 Å². The molecule has 28 heavy (non-hydrogen) atoms. The Morgan fingerprint density at radius 1 is 1.00 bits per heavy atom. The summed E-state index contributed by atoms with van der Waals surface area (Å²) < 4.78 is 21.7. The van der Waals surface area contributed by atoms with Gasteiger partial charge in [0.05, 0.1) is 38.5 Å². The van der Waals surface area contributed by atoms with Gasteiger partial charge in [0.1, 0.15) is 0 Å². The van der Waals surface area contributed by atoms with Crippen molar-refractivity contribution in [2.75, 3.05) is 27.4 Å². The van der Waals surface area contributed by atoms with Crippen molar-refractivity contribution in [3.05, 3.63) is 46.5 Å². The van der Waals surface area contributed by atoms with Crippen LogP contribution in [0.15, 0.2) is 30.3 Å². The minimum atomic E-state index is -0.276. The fourth-order valence-corrected chi connectivity index (χ4v) is 3.04. The normalized spacial score (nSPS) is 11.5. The van der Waals surface area contributed by atoms with Gasteiger partial charge >= 0.3 is 0 Å². The zero-order chi connectivity index (χ0) is 20.7. The third-order valence-corrected chi connectivity index (χ3v) is 4.39. The molecule has 152 valence electrons. The zero-order valence-electron chi connectivity index (χ0n) is 16.8. The highest BCUT2D eigenvalue weighted by Crippen LogP contribution is 2.36. The molecule has 0 aliphatic rings. The van der Waals surface area contributed by atoms with Gasteiger partial charge in [-0.25, -0.2) is 0 Å². The van der Waals surface area contributed by atoms with E-state index in [2.05, 4.69) is 5.32 Å². The molecule has 1 amide bonds. The van der Waals surface area contributed by atoms with Crippen LogP contribution < -0.4 is 24.3 Å². The van der Waals surface area contributed by atoms with Crippen molar-refractivity contribution in [1.82, 2.24) is 5.32 Å². The van der Waals surface area contributed by atoms with E-state index in [1.165, 1.54) is 14.2 Å². The molecule has 0 unspecified atom stereocenters. The molecule has 2 aromatic carbocycles. The summed E-state index contributed by atoms with van der Waals surface area (Å²) in [6, 6.07) is 8.51. The van der Waals surface area contributed by atoms with Crippen molar-refractivity contribution in [2.45, 2.75) is 26.8 Å². The molecule has 0 aliphatic heterocycles. The second-order valence-corrected chi connectivity index (χ2v) is 6.37. The average Bonchev–Trinajstić information content (AvgIpc) is 2.68. The lowest BCUT2D eigenvalue weighted by Gasteiger charge is -2.18. The van der Waals surface area contributed by atoms with Crippen molar-refractivity contribution < 1.29 is 23.7 Å². The fraction of sp³-hybridized carbons (Fsp3) is 0.381. The predicted octanol–water partition coefficient (Wildman–Crippen LogP) is 4.65. The largest absolute Gasteiger partial charge is 0.493 e. The summed E-state index contributed by atoms with van der Waals surface area (Å²) in [6.45, 7) is 6.79. The van der Waals surface area contributed by atoms with Crippen LogP contribution in [-0.4, -0.2) is 33.3 Å². The standard InChI is InChI=1S/C21H26ClNO5/c1-6-27-17-9-8-14(11-18(17)28-7-2)13(3)23-21(24)15-10-16(22)20(26-5)19(12-15)25-4/h8-13H,6-7H2,1-5H3,(H,23,24)/t13-/m1/s1. The highest BCUT2D eigenvalue weighted by molar-refractivity contribution is 6.32. The molecular weight excluding hydrogens is 382 g/mol. The maximum absolute atomic E-state index is 12.7. The number of hydrogen-bond acceptors (Lipinski definition) is 5. The van der Waals surface area contributed by atoms with E-state index in [0.29, 0.717) is 46.8 Å². The minimum absolute atomic E-state index is 0.255. The van der Waals surface area contributed by atoms with Crippen molar-refractivity contribution in [3.63, 3.8) is 0 Å². The number of methoxy groups -OCH3 is 2. The van der Waals surface area contributed by atoms with Gasteiger partial charge in [0.25, 0.3) is 5.91 Å². The van der Waals surface area contributed by atoms with Crippen molar-refractivity contribution in [2.24, 2.45) is 0 Å². The van der Waals surface area contributed by atoms with Crippen molar-refractivity contribution in [3.8, 4) is 23.0 Å². The van der Waals surface area contributed by atoms with E-state index in [4.69, 9.17) is 30.5 Å². The predicted molar refractivity (Wildman–Crippen MR) is 109 cm³/mol. The first kappa shape index (κ1) is 21.7. The van der Waals surface area contributed by atoms with Crippen molar-refractivity contribution in [1.29, 1.82) is 0 Å². The summed E-state index contributed by atoms with van der Waals surface area (Å²) in [7, 11) is 2.99. The first-order valence-corrected chi connectivity index (χ1v) is 9.44. The summed E-state index contributed by atoms with van der Waals surface area (Å²) in [5.41, 5.74) is 1.28. The van der Waals surface area contributed by atoms with Crippen LogP contribution >= 0.6 is 11.6 Å². The molecular formula is C21H26ClNO5. The van der Waals surface area contributed by atoms with E-state index >= 15 is 0 Å². The van der Waals surface area contributed by atoms with Gasteiger partial charge in [-0.05, 0) is 50.6 Å². The number of amides is 1. The maximum Gasteiger partial charge on any atom is 0.251 e. The zero-order valence-corrected chi connectivity index (χ0v) is 17.6. The molecule has 7 heteroatoms. The Morgan fingerprint density at radius 3 is 2.29 bits per heavy atom. The summed E-state index contributed by atoms with van der Waals surface area (Å²) in [6.07, 6.45) is 0. The van der Waals surface area contributed by atoms with Crippen LogP contribution in [0.25, 0.3) is 0 Å². The number of ether oxygens (including phenoxy) is 4. The number of halogens is 1. The van der Waals surface area contributed by atoms with E-state index in [1.54, 1.807) is 12.1 Å². The van der Waals surface area contributed by atoms with Crippen LogP contribution in [-0.2, 0) is 0 Å². The van der Waals surface area contributed by atoms with Crippen LogP contribution in [0.3, 0.4) is 0 Å². The summed E-state index contributed by atoms with van der Waals surface area (Å²) in [4.78, 5) is 12.7. The van der Waals surface area contributed by atoms with Gasteiger partial charge < -0.3 is 24.3 Å². The highest BCUT2D eigenvalue weighted by atomic mass is 35.5. The number of carbonyl (C=O) groups excluding carboxylic acids is 1. The number of rotatable bonds is 9. The fourth-order valence-electron chi connectivity index (χ4n) is 2.75. The lowest BCUT2D eigenvalue weighted by Crippen LogP contribution is -2.26. The van der Waals surface area contributed by atoms with E-state index < -0.39 is 0 Å². The highest BCUT2D eigenvalue weighted by Gasteiger charge is 2.18. The second-order valence-electron chi connectivity index (χ2n) is 5.96. The Morgan fingerprint density at radius 2 is 1.68 bits per heavy atom. The summed E-state index contributed by atoms with van der Waals surface area (Å²) in [5.74, 6) is 1.84. The molecule has 2 rings (SSSR count). The van der Waals surface area contributed by atoms with Crippen LogP contribution in [0.5, 0.6) is 23.0 Å². The number of hydrogen-bond donors (Lipinski definition) is 1. The van der Waals surface area contributed by atoms with Gasteiger partial charge in [0.2, 0.25) is 0 Å². The topological polar surface area (TPSA) is 66.0 Å². The van der Waals surface area contributed by atoms with Crippen LogP contribution in [0.4, 0.5) is 0 Å². The molecule has 0 spiro atoms. The van der Waals surface area contributed by atoms with Gasteiger partial charge in [-0.2, -0.15) is 0 Å². The molecule has 1 N–H and O–H groups in total. The van der Waals surface area contributed by atoms with Gasteiger partial charge in [0, 0.05) is 5.56 Å². The molecule has 0 aromatic heterocycles. The molecule has 0 fully saturated rings. The summed E-state index contributed by atoms with van der Waals surface area (Å²) in [5, 5.41) is 3.26. The molecule has 0 bridgehead atoms. The van der Waals surface area contributed by atoms with Crippen LogP contribution in [0.2, 0.25) is 5.02 Å². The minimum Gasteiger partial charge on any atom is -0.493 e. The number of nitrogens with one attached hydrogen (secondary N) is 1. The van der Waals surface area contributed by atoms with E-state index in [1.807, 2.05) is 39.0 Å². The van der Waals surface area contributed by atoms with Gasteiger partial charge in [-0.1, -0.05) is 17.7 Å². The Bertz CT molecular complexity index is 825. The Balaban J connectivity index is 2.22. The Labute approximate surface area is 170 Å². The van der Waals surface area contributed by atoms with E-state index in [-0.39, 0.29) is 11.9 Å². The third kappa shape index (κ3) is 5.01. The van der Waals surface area contributed by atoms with Crippen LogP contribution in [0, 0.1) is 0 Å². The SMILES string of the molecule is CCOc1ccc([C@@H](C)NC(=O)c2cc(Cl)c(OC)c(OC)c2)cc1OCC. The second kappa shape index (κ2) is 10.1. The quantitative estimate of drug-likeness (QED) is 0.655. The molecule has 1 atom stereocenters. The number of benzene rings is 2. The summed E-state index contributed by atoms with van der Waals surface area (Å²) >= 11 is 6.20. The Hall–Kier alpha value is -2.60. The van der Waals surface area contributed by atoms with Crippen molar-refractivity contribution >= 4 is 17.5 Å². The average molecular weight is 408 g/mol. The lowest BCUT2D eigenvalue weighted by atomic mass is 10.1. The first-order chi connectivity index (χ1) is 13.4. The van der Waals surface area contributed by atoms with Crippen LogP contribution in [0.1, 0.15) is 42.7 Å². The third-order valence-electron chi connectivity index (χ3n) is 4.11. The molecule has 2 aromatic rings. The molecule has 0 aliphatic carbocycles. The van der Waals surface area contributed by atoms with Gasteiger partial charge in [0.15, 0.2) is 23.0 Å². The smallest absolute Gasteiger partial charge is 0.251 e. The maximum atomic E-state index is 12.7.